The second-order valence-corrected chi connectivity index (χ2v) is 5.00. The summed E-state index contributed by atoms with van der Waals surface area (Å²) in [5.74, 6) is 0. The van der Waals surface area contributed by atoms with E-state index in [2.05, 4.69) is 24.2 Å². The van der Waals surface area contributed by atoms with Gasteiger partial charge in [-0.1, -0.05) is 13.3 Å². The van der Waals surface area contributed by atoms with E-state index in [1.807, 2.05) is 0 Å². The van der Waals surface area contributed by atoms with Gasteiger partial charge in [-0.05, 0) is 39.4 Å². The summed E-state index contributed by atoms with van der Waals surface area (Å²) in [6.45, 7) is 6.29. The molecule has 1 aliphatic heterocycles. The summed E-state index contributed by atoms with van der Waals surface area (Å²) >= 11 is 0. The summed E-state index contributed by atoms with van der Waals surface area (Å²) in [5, 5.41) is 13.2. The fraction of sp³-hybridized carbons (Fsp3) is 1.00. The lowest BCUT2D eigenvalue weighted by Gasteiger charge is -2.32. The quantitative estimate of drug-likeness (QED) is 0.621. The molecule has 4 nitrogen and oxygen atoms in total. The highest BCUT2D eigenvalue weighted by Gasteiger charge is 2.19. The van der Waals surface area contributed by atoms with Gasteiger partial charge in [-0.15, -0.1) is 0 Å². The predicted octanol–water partition coefficient (Wildman–Crippen LogP) is 0.848. The molecule has 1 fully saturated rings. The van der Waals surface area contributed by atoms with E-state index in [0.29, 0.717) is 12.6 Å². The molecule has 1 rings (SSSR count). The Hall–Kier alpha value is -0.160. The number of aliphatic hydroxyl groups is 1. The maximum absolute atomic E-state index is 9.87. The summed E-state index contributed by atoms with van der Waals surface area (Å²) < 4.78 is 5.44. The molecular formula is C13H28N2O2. The Labute approximate surface area is 105 Å². The van der Waals surface area contributed by atoms with E-state index in [1.54, 1.807) is 0 Å². The van der Waals surface area contributed by atoms with Crippen LogP contribution in [0, 0.1) is 0 Å². The van der Waals surface area contributed by atoms with Crippen molar-refractivity contribution in [3.63, 3.8) is 0 Å². The molecule has 4 heteroatoms. The Morgan fingerprint density at radius 1 is 1.41 bits per heavy atom. The van der Waals surface area contributed by atoms with Crippen molar-refractivity contribution in [2.75, 3.05) is 39.9 Å². The maximum atomic E-state index is 9.87. The highest BCUT2D eigenvalue weighted by Crippen LogP contribution is 2.10. The zero-order valence-electron chi connectivity index (χ0n) is 11.3. The van der Waals surface area contributed by atoms with Crippen LogP contribution in [0.5, 0.6) is 0 Å². The van der Waals surface area contributed by atoms with Gasteiger partial charge in [-0.2, -0.15) is 0 Å². The standard InChI is InChI=1S/C13H28N2O2/c1-3-4-9-17-11-13(16)10-15(2)12-5-7-14-8-6-12/h12-14,16H,3-11H2,1-2H3. The lowest BCUT2D eigenvalue weighted by Crippen LogP contribution is -2.44. The lowest BCUT2D eigenvalue weighted by atomic mass is 10.1. The number of unbranched alkanes of at least 4 members (excludes halogenated alkanes) is 1. The van der Waals surface area contributed by atoms with Crippen molar-refractivity contribution < 1.29 is 9.84 Å². The molecule has 0 aromatic carbocycles. The molecular weight excluding hydrogens is 216 g/mol. The molecule has 17 heavy (non-hydrogen) atoms. The minimum atomic E-state index is -0.355. The summed E-state index contributed by atoms with van der Waals surface area (Å²) in [6.07, 6.45) is 4.23. The number of nitrogens with zero attached hydrogens (tertiary/aromatic N) is 1. The summed E-state index contributed by atoms with van der Waals surface area (Å²) in [5.41, 5.74) is 0. The first-order chi connectivity index (χ1) is 8.24. The molecule has 0 spiro atoms. The van der Waals surface area contributed by atoms with Crippen LogP contribution in [-0.2, 0) is 4.74 Å². The Kier molecular flexibility index (Phi) is 7.77. The number of rotatable bonds is 8. The number of nitrogens with one attached hydrogen (secondary N) is 1. The molecule has 0 aromatic rings. The largest absolute Gasteiger partial charge is 0.389 e. The molecule has 1 atom stereocenters. The van der Waals surface area contributed by atoms with Crippen molar-refractivity contribution in [1.82, 2.24) is 10.2 Å². The number of ether oxygens (including phenoxy) is 1. The van der Waals surface area contributed by atoms with Crippen LogP contribution in [0.25, 0.3) is 0 Å². The van der Waals surface area contributed by atoms with Crippen LogP contribution in [0.15, 0.2) is 0 Å². The Morgan fingerprint density at radius 3 is 2.76 bits per heavy atom. The Bertz CT molecular complexity index is 184. The second-order valence-electron chi connectivity index (χ2n) is 5.00. The maximum Gasteiger partial charge on any atom is 0.0900 e. The van der Waals surface area contributed by atoms with Gasteiger partial charge < -0.3 is 20.1 Å². The topological polar surface area (TPSA) is 44.7 Å². The van der Waals surface area contributed by atoms with Gasteiger partial charge in [-0.25, -0.2) is 0 Å². The first-order valence-corrected chi connectivity index (χ1v) is 6.90. The highest BCUT2D eigenvalue weighted by molar-refractivity contribution is 4.77. The van der Waals surface area contributed by atoms with Crippen molar-refractivity contribution in [2.45, 2.75) is 44.8 Å². The minimum absolute atomic E-state index is 0.355. The molecule has 0 radical (unpaired) electrons. The van der Waals surface area contributed by atoms with Gasteiger partial charge in [-0.3, -0.25) is 0 Å². The molecule has 0 aromatic heterocycles. The normalized spacial score (nSPS) is 19.8. The molecule has 0 saturated carbocycles. The van der Waals surface area contributed by atoms with Gasteiger partial charge in [0.15, 0.2) is 0 Å². The molecule has 0 bridgehead atoms. The first kappa shape index (κ1) is 14.9. The van der Waals surface area contributed by atoms with Gasteiger partial charge in [0.2, 0.25) is 0 Å². The molecule has 1 heterocycles. The van der Waals surface area contributed by atoms with E-state index >= 15 is 0 Å². The lowest BCUT2D eigenvalue weighted by molar-refractivity contribution is 0.0109. The summed E-state index contributed by atoms with van der Waals surface area (Å²) in [7, 11) is 2.10. The van der Waals surface area contributed by atoms with E-state index in [9.17, 15) is 5.11 Å². The average Bonchev–Trinajstić information content (AvgIpc) is 2.36. The van der Waals surface area contributed by atoms with E-state index in [4.69, 9.17) is 4.74 Å². The average molecular weight is 244 g/mol. The highest BCUT2D eigenvalue weighted by atomic mass is 16.5. The van der Waals surface area contributed by atoms with Crippen molar-refractivity contribution in [3.8, 4) is 0 Å². The monoisotopic (exact) mass is 244 g/mol. The fourth-order valence-electron chi connectivity index (χ4n) is 2.25. The van der Waals surface area contributed by atoms with Crippen LogP contribution in [0.1, 0.15) is 32.6 Å². The number of hydrogen-bond acceptors (Lipinski definition) is 4. The van der Waals surface area contributed by atoms with Crippen LogP contribution < -0.4 is 5.32 Å². The summed E-state index contributed by atoms with van der Waals surface area (Å²) in [4.78, 5) is 2.27. The third-order valence-corrected chi connectivity index (χ3v) is 3.38. The van der Waals surface area contributed by atoms with Gasteiger partial charge >= 0.3 is 0 Å². The zero-order valence-corrected chi connectivity index (χ0v) is 11.3. The smallest absolute Gasteiger partial charge is 0.0900 e. The number of likely N-dealkylation sites (N-methyl/N-ethyl adjacent to an activating group) is 1. The van der Waals surface area contributed by atoms with Crippen LogP contribution in [0.4, 0.5) is 0 Å². The van der Waals surface area contributed by atoms with E-state index in [-0.39, 0.29) is 6.10 Å². The molecule has 102 valence electrons. The molecule has 1 saturated heterocycles. The fourth-order valence-corrected chi connectivity index (χ4v) is 2.25. The first-order valence-electron chi connectivity index (χ1n) is 6.90. The van der Waals surface area contributed by atoms with Crippen molar-refractivity contribution >= 4 is 0 Å². The molecule has 0 aliphatic carbocycles. The summed E-state index contributed by atoms with van der Waals surface area (Å²) in [6, 6.07) is 0.613. The SMILES string of the molecule is CCCCOCC(O)CN(C)C1CCNCC1. The van der Waals surface area contributed by atoms with Crippen LogP contribution >= 0.6 is 0 Å². The zero-order chi connectivity index (χ0) is 12.5. The van der Waals surface area contributed by atoms with Crippen molar-refractivity contribution in [1.29, 1.82) is 0 Å². The number of hydrogen-bond donors (Lipinski definition) is 2. The molecule has 0 amide bonds. The van der Waals surface area contributed by atoms with Gasteiger partial charge in [0.25, 0.3) is 0 Å². The van der Waals surface area contributed by atoms with Crippen LogP contribution in [0.2, 0.25) is 0 Å². The molecule has 1 unspecified atom stereocenters. The Morgan fingerprint density at radius 2 is 2.12 bits per heavy atom. The third kappa shape index (κ3) is 6.36. The number of piperidine rings is 1. The van der Waals surface area contributed by atoms with Gasteiger partial charge in [0, 0.05) is 19.2 Å². The van der Waals surface area contributed by atoms with Crippen molar-refractivity contribution in [3.05, 3.63) is 0 Å². The van der Waals surface area contributed by atoms with Crippen LogP contribution in [0.3, 0.4) is 0 Å². The predicted molar refractivity (Wildman–Crippen MR) is 70.3 cm³/mol. The second kappa shape index (κ2) is 8.86. The van der Waals surface area contributed by atoms with E-state index in [0.717, 1.165) is 39.1 Å². The number of aliphatic hydroxyl groups excluding tert-OH is 1. The molecule has 2 N–H and O–H groups in total. The third-order valence-electron chi connectivity index (χ3n) is 3.38. The Balaban J connectivity index is 2.09. The minimum Gasteiger partial charge on any atom is -0.389 e. The van der Waals surface area contributed by atoms with E-state index < -0.39 is 0 Å². The molecule has 1 aliphatic rings. The van der Waals surface area contributed by atoms with E-state index in [1.165, 1.54) is 12.8 Å². The van der Waals surface area contributed by atoms with Gasteiger partial charge in [0.05, 0.1) is 12.7 Å². The van der Waals surface area contributed by atoms with Crippen LogP contribution in [-0.4, -0.2) is 62.0 Å². The van der Waals surface area contributed by atoms with Crippen molar-refractivity contribution in [2.24, 2.45) is 0 Å². The van der Waals surface area contributed by atoms with Gasteiger partial charge in [0.1, 0.15) is 0 Å².